The molecular weight excluding hydrogens is 399 g/mol. The molecule has 0 bridgehead atoms. The van der Waals surface area contributed by atoms with Gasteiger partial charge in [0.15, 0.2) is 11.5 Å². The molecule has 1 aliphatic heterocycles. The van der Waals surface area contributed by atoms with Gasteiger partial charge in [0.05, 0.1) is 31.6 Å². The second-order valence-corrected chi connectivity index (χ2v) is 7.01. The number of halogens is 3. The predicted octanol–water partition coefficient (Wildman–Crippen LogP) is 4.50. The average molecular weight is 415 g/mol. The highest BCUT2D eigenvalue weighted by molar-refractivity contribution is 7.06. The summed E-state index contributed by atoms with van der Waals surface area (Å²) in [6, 6.07) is 4.61. The molecule has 0 unspecified atom stereocenters. The van der Waals surface area contributed by atoms with Gasteiger partial charge in [0.25, 0.3) is 0 Å². The molecule has 28 heavy (non-hydrogen) atoms. The number of aromatic nitrogens is 1. The number of carbonyl (C=O) groups excluding carboxylic acids is 1. The molecule has 2 aromatic rings. The lowest BCUT2D eigenvalue weighted by Gasteiger charge is -2.31. The van der Waals surface area contributed by atoms with Crippen LogP contribution in [-0.4, -0.2) is 30.3 Å². The van der Waals surface area contributed by atoms with E-state index < -0.39 is 22.8 Å². The first-order chi connectivity index (χ1) is 13.1. The number of hydrogen-bond donors (Lipinski definition) is 0. The second kappa shape index (κ2) is 7.01. The Morgan fingerprint density at radius 3 is 2.36 bits per heavy atom. The van der Waals surface area contributed by atoms with Gasteiger partial charge in [0.2, 0.25) is 5.79 Å². The van der Waals surface area contributed by atoms with Crippen LogP contribution in [0.1, 0.15) is 24.3 Å². The van der Waals surface area contributed by atoms with Gasteiger partial charge in [-0.15, -0.1) is 0 Å². The second-order valence-electron chi connectivity index (χ2n) is 6.23. The summed E-state index contributed by atoms with van der Waals surface area (Å²) < 4.78 is 65.7. The minimum Gasteiger partial charge on any atom is -0.493 e. The van der Waals surface area contributed by atoms with E-state index in [1.54, 1.807) is 12.1 Å². The Balaban J connectivity index is 2.22. The minimum atomic E-state index is -4.68. The maximum Gasteiger partial charge on any atom is 0.427 e. The van der Waals surface area contributed by atoms with Crippen molar-refractivity contribution in [3.63, 3.8) is 0 Å². The molecule has 2 heterocycles. The third-order valence-electron chi connectivity index (χ3n) is 3.80. The molecule has 0 atom stereocenters. The molecule has 0 radical (unpaired) electrons. The van der Waals surface area contributed by atoms with Crippen molar-refractivity contribution >= 4 is 23.3 Å². The molecule has 0 fully saturated rings. The van der Waals surface area contributed by atoms with Crippen LogP contribution >= 0.6 is 11.5 Å². The fourth-order valence-corrected chi connectivity index (χ4v) is 3.48. The fourth-order valence-electron chi connectivity index (χ4n) is 2.71. The van der Waals surface area contributed by atoms with Crippen LogP contribution < -0.4 is 9.47 Å². The zero-order chi connectivity index (χ0) is 20.7. The van der Waals surface area contributed by atoms with E-state index in [2.05, 4.69) is 4.37 Å². The summed E-state index contributed by atoms with van der Waals surface area (Å²) in [5, 5.41) is 0. The number of hydrogen-bond acceptors (Lipinski definition) is 7. The van der Waals surface area contributed by atoms with E-state index in [4.69, 9.17) is 18.9 Å². The van der Waals surface area contributed by atoms with Crippen molar-refractivity contribution in [3.05, 3.63) is 34.7 Å². The third-order valence-corrected chi connectivity index (χ3v) is 4.70. The van der Waals surface area contributed by atoms with E-state index in [0.29, 0.717) is 17.1 Å². The summed E-state index contributed by atoms with van der Waals surface area (Å²) in [4.78, 5) is 10.9. The van der Waals surface area contributed by atoms with Gasteiger partial charge >= 0.3 is 12.1 Å². The highest BCUT2D eigenvalue weighted by atomic mass is 32.1. The molecule has 0 aliphatic carbocycles. The van der Waals surface area contributed by atoms with Crippen molar-refractivity contribution in [2.45, 2.75) is 25.8 Å². The smallest absolute Gasteiger partial charge is 0.427 e. The summed E-state index contributed by atoms with van der Waals surface area (Å²) in [5.41, 5.74) is 0.0325. The highest BCUT2D eigenvalue weighted by Gasteiger charge is 2.42. The molecule has 1 aromatic carbocycles. The highest BCUT2D eigenvalue weighted by Crippen LogP contribution is 2.46. The Bertz CT molecular complexity index is 949. The van der Waals surface area contributed by atoms with Crippen LogP contribution in [0.4, 0.5) is 13.2 Å². The Morgan fingerprint density at radius 1 is 1.11 bits per heavy atom. The first-order valence-corrected chi connectivity index (χ1v) is 8.76. The Labute approximate surface area is 162 Å². The van der Waals surface area contributed by atoms with Gasteiger partial charge in [-0.05, 0) is 29.7 Å². The first kappa shape index (κ1) is 20.0. The van der Waals surface area contributed by atoms with Gasteiger partial charge in [-0.25, -0.2) is 4.79 Å². The van der Waals surface area contributed by atoms with Crippen LogP contribution in [0, 0.1) is 0 Å². The molecule has 3 rings (SSSR count). The van der Waals surface area contributed by atoms with Crippen LogP contribution in [0.15, 0.2) is 24.3 Å². The maximum atomic E-state index is 13.6. The number of ether oxygens (including phenoxy) is 4. The molecule has 10 heteroatoms. The van der Waals surface area contributed by atoms with Crippen LogP contribution in [0.5, 0.6) is 11.5 Å². The lowest BCUT2D eigenvalue weighted by atomic mass is 10.0. The number of cyclic esters (lactones) is 1. The summed E-state index contributed by atoms with van der Waals surface area (Å²) in [7, 11) is 2.86. The Morgan fingerprint density at radius 2 is 1.79 bits per heavy atom. The van der Waals surface area contributed by atoms with Gasteiger partial charge in [-0.1, -0.05) is 0 Å². The predicted molar refractivity (Wildman–Crippen MR) is 94.9 cm³/mol. The maximum absolute atomic E-state index is 13.6. The van der Waals surface area contributed by atoms with Crippen molar-refractivity contribution in [1.29, 1.82) is 0 Å². The van der Waals surface area contributed by atoms with Gasteiger partial charge < -0.3 is 18.9 Å². The van der Waals surface area contributed by atoms with E-state index in [1.807, 2.05) is 0 Å². The number of rotatable bonds is 4. The lowest BCUT2D eigenvalue weighted by Crippen LogP contribution is -2.34. The number of benzene rings is 1. The third kappa shape index (κ3) is 3.77. The normalized spacial score (nSPS) is 16.1. The molecule has 6 nitrogen and oxygen atoms in total. The van der Waals surface area contributed by atoms with Crippen LogP contribution in [0.3, 0.4) is 0 Å². The summed E-state index contributed by atoms with van der Waals surface area (Å²) in [5.74, 6) is -1.74. The van der Waals surface area contributed by atoms with Crippen LogP contribution in [0.2, 0.25) is 0 Å². The quantitative estimate of drug-likeness (QED) is 0.686. The van der Waals surface area contributed by atoms with Crippen LogP contribution in [-0.2, 0) is 20.4 Å². The van der Waals surface area contributed by atoms with Crippen molar-refractivity contribution in [2.24, 2.45) is 0 Å². The standard InChI is InChI=1S/C18H16F3NO5S/c1-17(2)26-12(8-13(23)27-17)14-15(22-28-16(14)18(19,20)21)9-5-6-10(24-3)11(7-9)25-4/h5-8H,1-4H3. The lowest BCUT2D eigenvalue weighted by molar-refractivity contribution is -0.193. The molecule has 1 aliphatic rings. The zero-order valence-corrected chi connectivity index (χ0v) is 16.2. The molecule has 0 saturated heterocycles. The molecule has 0 N–H and O–H groups in total. The molecule has 1 aromatic heterocycles. The van der Waals surface area contributed by atoms with Crippen molar-refractivity contribution in [3.8, 4) is 22.8 Å². The number of carbonyl (C=O) groups is 1. The van der Waals surface area contributed by atoms with E-state index in [1.165, 1.54) is 34.1 Å². The number of nitrogens with zero attached hydrogens (tertiary/aromatic N) is 1. The zero-order valence-electron chi connectivity index (χ0n) is 15.3. The number of esters is 1. The fraction of sp³-hybridized carbons (Fsp3) is 0.333. The van der Waals surface area contributed by atoms with E-state index >= 15 is 0 Å². The summed E-state index contributed by atoms with van der Waals surface area (Å²) >= 11 is 0.276. The van der Waals surface area contributed by atoms with Gasteiger partial charge in [-0.3, -0.25) is 0 Å². The molecule has 0 saturated carbocycles. The molecule has 0 amide bonds. The summed E-state index contributed by atoms with van der Waals surface area (Å²) in [6.45, 7) is 2.86. The Kier molecular flexibility index (Phi) is 5.00. The van der Waals surface area contributed by atoms with Gasteiger partial charge in [0, 0.05) is 19.4 Å². The van der Waals surface area contributed by atoms with Gasteiger partial charge in [0.1, 0.15) is 10.6 Å². The van der Waals surface area contributed by atoms with Crippen molar-refractivity contribution in [2.75, 3.05) is 14.2 Å². The monoisotopic (exact) mass is 415 g/mol. The van der Waals surface area contributed by atoms with E-state index in [9.17, 15) is 18.0 Å². The molecule has 150 valence electrons. The molecule has 0 spiro atoms. The number of alkyl halides is 3. The molecular formula is C18H16F3NO5S. The van der Waals surface area contributed by atoms with E-state index in [-0.39, 0.29) is 28.5 Å². The van der Waals surface area contributed by atoms with Crippen molar-refractivity contribution < 1.29 is 36.9 Å². The SMILES string of the molecule is COc1ccc(-c2nsc(C(F)(F)F)c2C2=CC(=O)OC(C)(C)O2)cc1OC. The van der Waals surface area contributed by atoms with E-state index in [0.717, 1.165) is 6.08 Å². The minimum absolute atomic E-state index is 0.00929. The largest absolute Gasteiger partial charge is 0.493 e. The summed E-state index contributed by atoms with van der Waals surface area (Å²) in [6.07, 6.45) is -3.80. The number of methoxy groups -OCH3 is 2. The van der Waals surface area contributed by atoms with Gasteiger partial charge in [-0.2, -0.15) is 17.5 Å². The Hall–Kier alpha value is -2.75. The topological polar surface area (TPSA) is 66.9 Å². The average Bonchev–Trinajstić information content (AvgIpc) is 3.04. The van der Waals surface area contributed by atoms with Crippen LogP contribution in [0.25, 0.3) is 17.0 Å². The first-order valence-electron chi connectivity index (χ1n) is 7.99. The van der Waals surface area contributed by atoms with Crippen molar-refractivity contribution in [1.82, 2.24) is 4.37 Å².